The van der Waals surface area contributed by atoms with Crippen molar-refractivity contribution in [2.45, 2.75) is 64.7 Å². The molecule has 0 spiro atoms. The lowest BCUT2D eigenvalue weighted by Gasteiger charge is -2.35. The summed E-state index contributed by atoms with van der Waals surface area (Å²) < 4.78 is 0. The Labute approximate surface area is 83.1 Å². The molecule has 13 heavy (non-hydrogen) atoms. The molecule has 0 nitrogen and oxygen atoms in total. The van der Waals surface area contributed by atoms with E-state index in [1.165, 1.54) is 32.1 Å². The molecule has 0 radical (unpaired) electrons. The minimum Gasteiger partial charge on any atom is -0.0625 e. The van der Waals surface area contributed by atoms with Crippen LogP contribution in [0.4, 0.5) is 0 Å². The average Bonchev–Trinajstić information content (AvgIpc) is 1.96. The fourth-order valence-corrected chi connectivity index (χ4v) is 3.13. The molecule has 76 valence electrons. The van der Waals surface area contributed by atoms with Gasteiger partial charge in [0, 0.05) is 0 Å². The van der Waals surface area contributed by atoms with Gasteiger partial charge in [-0.2, -0.15) is 0 Å². The van der Waals surface area contributed by atoms with Crippen molar-refractivity contribution in [2.24, 2.45) is 17.8 Å². The van der Waals surface area contributed by atoms with E-state index < -0.39 is 0 Å². The molecule has 2 saturated carbocycles. The first kappa shape index (κ1) is 9.55. The zero-order chi connectivity index (χ0) is 9.10. The van der Waals surface area contributed by atoms with Crippen molar-refractivity contribution in [1.29, 1.82) is 0 Å². The Hall–Kier alpha value is 0. The van der Waals surface area contributed by atoms with Gasteiger partial charge in [-0.25, -0.2) is 0 Å². The van der Waals surface area contributed by atoms with Gasteiger partial charge in [-0.05, 0) is 17.8 Å². The summed E-state index contributed by atoms with van der Waals surface area (Å²) in [6.45, 7) is 2.43. The number of hydrogen-bond acceptors (Lipinski definition) is 0. The zero-order valence-corrected chi connectivity index (χ0v) is 9.10. The maximum atomic E-state index is 2.43. The Morgan fingerprint density at radius 2 is 1.00 bits per heavy atom. The van der Waals surface area contributed by atoms with E-state index in [0.29, 0.717) is 0 Å². The highest BCUT2D eigenvalue weighted by molar-refractivity contribution is 4.79. The van der Waals surface area contributed by atoms with Crippen molar-refractivity contribution in [1.82, 2.24) is 0 Å². The van der Waals surface area contributed by atoms with E-state index in [9.17, 15) is 0 Å². The fraction of sp³-hybridized carbons (Fsp3) is 1.00. The summed E-state index contributed by atoms with van der Waals surface area (Å²) in [6.07, 6.45) is 13.8. The summed E-state index contributed by atoms with van der Waals surface area (Å²) in [4.78, 5) is 0. The largest absolute Gasteiger partial charge is 0.0625 e. The average molecular weight is 180 g/mol. The van der Waals surface area contributed by atoms with Crippen molar-refractivity contribution in [3.05, 3.63) is 0 Å². The third-order valence-electron chi connectivity index (χ3n) is 4.36. The van der Waals surface area contributed by atoms with Crippen LogP contribution in [0.5, 0.6) is 0 Å². The van der Waals surface area contributed by atoms with Gasteiger partial charge in [0.05, 0.1) is 0 Å². The van der Waals surface area contributed by atoms with Gasteiger partial charge in [-0.15, -0.1) is 0 Å². The summed E-state index contributed by atoms with van der Waals surface area (Å²) in [5.41, 5.74) is 0. The van der Waals surface area contributed by atoms with Crippen LogP contribution in [0.2, 0.25) is 0 Å². The predicted octanol–water partition coefficient (Wildman–Crippen LogP) is 4.39. The molecule has 2 aliphatic carbocycles. The van der Waals surface area contributed by atoms with Crippen molar-refractivity contribution < 1.29 is 0 Å². The normalized spacial score (nSPS) is 37.6. The third kappa shape index (κ3) is 2.48. The van der Waals surface area contributed by atoms with E-state index >= 15 is 0 Å². The van der Waals surface area contributed by atoms with E-state index in [4.69, 9.17) is 0 Å². The highest BCUT2D eigenvalue weighted by Crippen LogP contribution is 2.40. The lowest BCUT2D eigenvalue weighted by atomic mass is 9.71. The van der Waals surface area contributed by atoms with Crippen LogP contribution in [0, 0.1) is 17.8 Å². The Balaban J connectivity index is 1.77. The summed E-state index contributed by atoms with van der Waals surface area (Å²) in [7, 11) is 0. The van der Waals surface area contributed by atoms with Crippen LogP contribution in [-0.4, -0.2) is 0 Å². The van der Waals surface area contributed by atoms with Gasteiger partial charge < -0.3 is 0 Å². The van der Waals surface area contributed by atoms with Gasteiger partial charge in [0.25, 0.3) is 0 Å². The van der Waals surface area contributed by atoms with Crippen molar-refractivity contribution >= 4 is 0 Å². The van der Waals surface area contributed by atoms with Gasteiger partial charge in [-0.1, -0.05) is 64.7 Å². The van der Waals surface area contributed by atoms with Gasteiger partial charge in [0.2, 0.25) is 0 Å². The van der Waals surface area contributed by atoms with Crippen LogP contribution >= 0.6 is 0 Å². The van der Waals surface area contributed by atoms with Crippen LogP contribution in [-0.2, 0) is 0 Å². The van der Waals surface area contributed by atoms with Crippen molar-refractivity contribution in [2.75, 3.05) is 0 Å². The highest BCUT2D eigenvalue weighted by Gasteiger charge is 2.27. The maximum absolute atomic E-state index is 2.43. The van der Waals surface area contributed by atoms with E-state index in [1.54, 1.807) is 25.7 Å². The molecular formula is C13H24. The quantitative estimate of drug-likeness (QED) is 0.561. The topological polar surface area (TPSA) is 0 Å². The monoisotopic (exact) mass is 180 g/mol. The van der Waals surface area contributed by atoms with Gasteiger partial charge >= 0.3 is 0 Å². The smallest absolute Gasteiger partial charge is 0.0386 e. The molecular weight excluding hydrogens is 156 g/mol. The molecule has 0 bridgehead atoms. The number of rotatable bonds is 1. The first-order valence-electron chi connectivity index (χ1n) is 6.36. The molecule has 2 fully saturated rings. The Bertz CT molecular complexity index is 136. The first-order chi connectivity index (χ1) is 6.36. The lowest BCUT2D eigenvalue weighted by Crippen LogP contribution is -2.23. The second kappa shape index (κ2) is 4.48. The maximum Gasteiger partial charge on any atom is -0.0386 e. The molecule has 0 aliphatic heterocycles. The molecule has 0 heterocycles. The predicted molar refractivity (Wildman–Crippen MR) is 57.7 cm³/mol. The Morgan fingerprint density at radius 3 is 1.38 bits per heavy atom. The van der Waals surface area contributed by atoms with Crippen LogP contribution in [0.3, 0.4) is 0 Å². The molecule has 0 aromatic carbocycles. The number of hydrogen-bond donors (Lipinski definition) is 0. The van der Waals surface area contributed by atoms with Crippen molar-refractivity contribution in [3.8, 4) is 0 Å². The van der Waals surface area contributed by atoms with E-state index in [1.807, 2.05) is 0 Å². The standard InChI is InChI=1S/C13H24/c1-11-5-2-7-12(8-3-6-11)13-9-4-10-13/h11-13H,2-10H2,1H3. The van der Waals surface area contributed by atoms with Gasteiger partial charge in [0.15, 0.2) is 0 Å². The SMILES string of the molecule is CC1CCCC(C2CCC2)CCC1. The second-order valence-electron chi connectivity index (χ2n) is 5.42. The molecule has 0 aromatic heterocycles. The van der Waals surface area contributed by atoms with Crippen molar-refractivity contribution in [3.63, 3.8) is 0 Å². The molecule has 0 aromatic rings. The molecule has 0 N–H and O–H groups in total. The van der Waals surface area contributed by atoms with Crippen LogP contribution < -0.4 is 0 Å². The molecule has 0 saturated heterocycles. The molecule has 0 heteroatoms. The first-order valence-corrected chi connectivity index (χ1v) is 6.36. The minimum absolute atomic E-state index is 1.02. The minimum atomic E-state index is 1.02. The molecule has 0 unspecified atom stereocenters. The summed E-state index contributed by atoms with van der Waals surface area (Å²) >= 11 is 0. The molecule has 2 aliphatic rings. The van der Waals surface area contributed by atoms with E-state index in [2.05, 4.69) is 6.92 Å². The zero-order valence-electron chi connectivity index (χ0n) is 9.10. The van der Waals surface area contributed by atoms with Crippen LogP contribution in [0.25, 0.3) is 0 Å². The second-order valence-corrected chi connectivity index (χ2v) is 5.42. The van der Waals surface area contributed by atoms with E-state index in [-0.39, 0.29) is 0 Å². The lowest BCUT2D eigenvalue weighted by molar-refractivity contribution is 0.165. The Morgan fingerprint density at radius 1 is 0.615 bits per heavy atom. The Kier molecular flexibility index (Phi) is 3.29. The van der Waals surface area contributed by atoms with Gasteiger partial charge in [0.1, 0.15) is 0 Å². The molecule has 0 amide bonds. The summed E-state index contributed by atoms with van der Waals surface area (Å²) in [6, 6.07) is 0. The van der Waals surface area contributed by atoms with Gasteiger partial charge in [-0.3, -0.25) is 0 Å². The highest BCUT2D eigenvalue weighted by atomic mass is 14.3. The van der Waals surface area contributed by atoms with Crippen LogP contribution in [0.1, 0.15) is 64.7 Å². The van der Waals surface area contributed by atoms with E-state index in [0.717, 1.165) is 17.8 Å². The third-order valence-corrected chi connectivity index (χ3v) is 4.36. The molecule has 2 rings (SSSR count). The summed E-state index contributed by atoms with van der Waals surface area (Å²) in [5, 5.41) is 0. The molecule has 0 atom stereocenters. The summed E-state index contributed by atoms with van der Waals surface area (Å²) in [5.74, 6) is 3.29. The van der Waals surface area contributed by atoms with Crippen LogP contribution in [0.15, 0.2) is 0 Å². The fourth-order valence-electron chi connectivity index (χ4n) is 3.13.